The molecule has 0 bridgehead atoms. The van der Waals surface area contributed by atoms with E-state index in [1.165, 1.54) is 27.4 Å². The van der Waals surface area contributed by atoms with Crippen LogP contribution >= 0.6 is 34.3 Å². The minimum Gasteiger partial charge on any atom is -0.218 e. The molecule has 3 nitrogen and oxygen atoms in total. The lowest BCUT2D eigenvalue weighted by atomic mass is 10.2. The van der Waals surface area contributed by atoms with Gasteiger partial charge < -0.3 is 0 Å². The van der Waals surface area contributed by atoms with E-state index in [0.29, 0.717) is 26.4 Å². The molecule has 0 unspecified atom stereocenters. The van der Waals surface area contributed by atoms with Gasteiger partial charge in [-0.15, -0.1) is 22.7 Å². The number of thiazole rings is 1. The molecular formula is C17H9ClF3N3S2. The highest BCUT2D eigenvalue weighted by molar-refractivity contribution is 7.13. The number of aromatic nitrogens is 3. The Balaban J connectivity index is 1.80. The summed E-state index contributed by atoms with van der Waals surface area (Å²) in [6.45, 7) is 0. The van der Waals surface area contributed by atoms with Crippen molar-refractivity contribution in [2.75, 3.05) is 0 Å². The Morgan fingerprint density at radius 3 is 2.46 bits per heavy atom. The Morgan fingerprint density at radius 1 is 1.04 bits per heavy atom. The van der Waals surface area contributed by atoms with Crippen LogP contribution < -0.4 is 0 Å². The summed E-state index contributed by atoms with van der Waals surface area (Å²) in [5, 5.41) is 8.32. The smallest absolute Gasteiger partial charge is 0.218 e. The highest BCUT2D eigenvalue weighted by Crippen LogP contribution is 2.36. The second kappa shape index (κ2) is 6.53. The van der Waals surface area contributed by atoms with Crippen molar-refractivity contribution in [3.8, 4) is 27.0 Å². The van der Waals surface area contributed by atoms with Crippen LogP contribution in [0.25, 0.3) is 27.0 Å². The molecule has 0 saturated heterocycles. The maximum absolute atomic E-state index is 13.1. The minimum atomic E-state index is -4.52. The average molecular weight is 412 g/mol. The second-order valence-corrected chi connectivity index (χ2v) is 7.54. The van der Waals surface area contributed by atoms with Crippen molar-refractivity contribution in [3.63, 3.8) is 0 Å². The highest BCUT2D eigenvalue weighted by atomic mass is 35.5. The quantitative estimate of drug-likeness (QED) is 0.390. The Bertz CT molecular complexity index is 1030. The summed E-state index contributed by atoms with van der Waals surface area (Å²) < 4.78 is 40.7. The molecule has 9 heteroatoms. The number of nitrogens with zero attached hydrogens (tertiary/aromatic N) is 3. The molecular weight excluding hydrogens is 403 g/mol. The first-order chi connectivity index (χ1) is 12.4. The fourth-order valence-electron chi connectivity index (χ4n) is 2.38. The predicted octanol–water partition coefficient (Wildman–Crippen LogP) is 6.40. The van der Waals surface area contributed by atoms with Gasteiger partial charge >= 0.3 is 6.18 Å². The lowest BCUT2D eigenvalue weighted by Crippen LogP contribution is -2.07. The zero-order valence-electron chi connectivity index (χ0n) is 12.9. The van der Waals surface area contributed by atoms with Gasteiger partial charge in [0.25, 0.3) is 0 Å². The molecule has 0 aliphatic rings. The highest BCUT2D eigenvalue weighted by Gasteiger charge is 2.35. The van der Waals surface area contributed by atoms with E-state index >= 15 is 0 Å². The standard InChI is InChI=1S/C17H9ClF3N3S2/c18-11-5-3-10(4-6-11)12-9-26-16(22-12)24-13(14-2-1-7-25-14)8-15(23-24)17(19,20)21/h1-9H. The number of halogens is 4. The van der Waals surface area contributed by atoms with Gasteiger partial charge in [-0.05, 0) is 29.6 Å². The molecule has 0 radical (unpaired) electrons. The fourth-order valence-corrected chi connectivity index (χ4v) is 4.03. The zero-order chi connectivity index (χ0) is 18.3. The van der Waals surface area contributed by atoms with Crippen molar-refractivity contribution in [1.82, 2.24) is 14.8 Å². The third-order valence-corrected chi connectivity index (χ3v) is 5.55. The summed E-state index contributed by atoms with van der Waals surface area (Å²) >= 11 is 8.46. The Kier molecular flexibility index (Phi) is 4.34. The van der Waals surface area contributed by atoms with E-state index in [1.807, 2.05) is 12.1 Å². The summed E-state index contributed by atoms with van der Waals surface area (Å²) in [6, 6.07) is 11.7. The molecule has 26 heavy (non-hydrogen) atoms. The van der Waals surface area contributed by atoms with Crippen LogP contribution in [0.1, 0.15) is 5.69 Å². The molecule has 3 heterocycles. The first kappa shape index (κ1) is 17.3. The van der Waals surface area contributed by atoms with Gasteiger partial charge in [-0.25, -0.2) is 9.67 Å². The van der Waals surface area contributed by atoms with Gasteiger partial charge in [0.15, 0.2) is 5.69 Å². The largest absolute Gasteiger partial charge is 0.435 e. The minimum absolute atomic E-state index is 0.365. The van der Waals surface area contributed by atoms with Crippen LogP contribution in [0.4, 0.5) is 13.2 Å². The second-order valence-electron chi connectivity index (χ2n) is 5.32. The van der Waals surface area contributed by atoms with Gasteiger partial charge in [-0.1, -0.05) is 29.8 Å². The van der Waals surface area contributed by atoms with Crippen molar-refractivity contribution in [2.45, 2.75) is 6.18 Å². The molecule has 0 aliphatic carbocycles. The molecule has 0 fully saturated rings. The molecule has 0 spiro atoms. The molecule has 4 rings (SSSR count). The van der Waals surface area contributed by atoms with Gasteiger partial charge in [0.2, 0.25) is 5.13 Å². The van der Waals surface area contributed by atoms with Crippen molar-refractivity contribution < 1.29 is 13.2 Å². The maximum Gasteiger partial charge on any atom is 0.435 e. The Morgan fingerprint density at radius 2 is 1.81 bits per heavy atom. The summed E-state index contributed by atoms with van der Waals surface area (Å²) in [5.74, 6) is 0. The number of thiophene rings is 1. The van der Waals surface area contributed by atoms with Gasteiger partial charge in [0, 0.05) is 16.0 Å². The average Bonchev–Trinajstić information content (AvgIpc) is 3.33. The number of rotatable bonds is 3. The maximum atomic E-state index is 13.1. The van der Waals surface area contributed by atoms with Gasteiger partial charge in [0.05, 0.1) is 16.3 Å². The first-order valence-electron chi connectivity index (χ1n) is 7.35. The summed E-state index contributed by atoms with van der Waals surface area (Å²) in [5.41, 5.74) is 0.911. The van der Waals surface area contributed by atoms with Crippen LogP contribution in [0.2, 0.25) is 5.02 Å². The SMILES string of the molecule is FC(F)(F)c1cc(-c2cccs2)n(-c2nc(-c3ccc(Cl)cc3)cs2)n1. The third-order valence-electron chi connectivity index (χ3n) is 3.59. The molecule has 0 amide bonds. The molecule has 3 aromatic heterocycles. The van der Waals surface area contributed by atoms with Crippen molar-refractivity contribution in [3.05, 3.63) is 63.9 Å². The van der Waals surface area contributed by atoms with E-state index in [4.69, 9.17) is 11.6 Å². The number of hydrogen-bond donors (Lipinski definition) is 0. The third kappa shape index (κ3) is 3.27. The molecule has 4 aromatic rings. The Labute approximate surface area is 159 Å². The van der Waals surface area contributed by atoms with Gasteiger partial charge in [0.1, 0.15) is 0 Å². The van der Waals surface area contributed by atoms with Crippen molar-refractivity contribution >= 4 is 34.3 Å². The summed E-state index contributed by atoms with van der Waals surface area (Å²) in [7, 11) is 0. The Hall–Kier alpha value is -2.16. The molecule has 132 valence electrons. The van der Waals surface area contributed by atoms with Gasteiger partial charge in [-0.3, -0.25) is 0 Å². The van der Waals surface area contributed by atoms with E-state index in [-0.39, 0.29) is 0 Å². The van der Waals surface area contributed by atoms with E-state index in [2.05, 4.69) is 10.1 Å². The first-order valence-corrected chi connectivity index (χ1v) is 9.48. The van der Waals surface area contributed by atoms with Crippen LogP contribution in [-0.2, 0) is 6.18 Å². The fraction of sp³-hybridized carbons (Fsp3) is 0.0588. The van der Waals surface area contributed by atoms with Crippen LogP contribution in [0.15, 0.2) is 53.2 Å². The summed E-state index contributed by atoms with van der Waals surface area (Å²) in [6.07, 6.45) is -4.52. The van der Waals surface area contributed by atoms with E-state index in [1.54, 1.807) is 35.0 Å². The normalized spacial score (nSPS) is 11.8. The zero-order valence-corrected chi connectivity index (χ0v) is 15.3. The van der Waals surface area contributed by atoms with Gasteiger partial charge in [-0.2, -0.15) is 18.3 Å². The molecule has 0 saturated carbocycles. The monoisotopic (exact) mass is 411 g/mol. The number of benzene rings is 1. The lowest BCUT2D eigenvalue weighted by molar-refractivity contribution is -0.141. The topological polar surface area (TPSA) is 30.7 Å². The molecule has 0 atom stereocenters. The van der Waals surface area contributed by atoms with Crippen molar-refractivity contribution in [1.29, 1.82) is 0 Å². The van der Waals surface area contributed by atoms with Crippen LogP contribution in [0.3, 0.4) is 0 Å². The van der Waals surface area contributed by atoms with E-state index < -0.39 is 11.9 Å². The van der Waals surface area contributed by atoms with Crippen LogP contribution in [0, 0.1) is 0 Å². The summed E-state index contributed by atoms with van der Waals surface area (Å²) in [4.78, 5) is 5.15. The molecule has 0 N–H and O–H groups in total. The van der Waals surface area contributed by atoms with E-state index in [0.717, 1.165) is 11.6 Å². The van der Waals surface area contributed by atoms with Crippen molar-refractivity contribution in [2.24, 2.45) is 0 Å². The lowest BCUT2D eigenvalue weighted by Gasteiger charge is -2.02. The predicted molar refractivity (Wildman–Crippen MR) is 98.0 cm³/mol. The van der Waals surface area contributed by atoms with E-state index in [9.17, 15) is 13.2 Å². The van der Waals surface area contributed by atoms with Crippen LogP contribution in [0.5, 0.6) is 0 Å². The number of alkyl halides is 3. The molecule has 1 aromatic carbocycles. The van der Waals surface area contributed by atoms with Crippen LogP contribution in [-0.4, -0.2) is 14.8 Å². The molecule has 0 aliphatic heterocycles. The number of hydrogen-bond acceptors (Lipinski definition) is 4.